The van der Waals surface area contributed by atoms with E-state index in [0.717, 1.165) is 54.0 Å². The quantitative estimate of drug-likeness (QED) is 0.325. The van der Waals surface area contributed by atoms with Gasteiger partial charge in [-0.25, -0.2) is 9.97 Å². The second kappa shape index (κ2) is 11.1. The smallest absolute Gasteiger partial charge is 0.247 e. The van der Waals surface area contributed by atoms with Crippen LogP contribution in [0.4, 0.5) is 22.9 Å². The summed E-state index contributed by atoms with van der Waals surface area (Å²) in [6.07, 6.45) is 4.64. The van der Waals surface area contributed by atoms with Crippen LogP contribution in [0.3, 0.4) is 0 Å². The molecule has 0 saturated carbocycles. The lowest BCUT2D eigenvalue weighted by atomic mass is 10.1. The Bertz CT molecular complexity index is 1500. The van der Waals surface area contributed by atoms with Gasteiger partial charge >= 0.3 is 0 Å². The molecule has 0 spiro atoms. The van der Waals surface area contributed by atoms with Gasteiger partial charge in [0.25, 0.3) is 0 Å². The van der Waals surface area contributed by atoms with Crippen LogP contribution in [-0.4, -0.2) is 69.9 Å². The molecule has 1 aliphatic heterocycles. The molecule has 5 rings (SSSR count). The third-order valence-corrected chi connectivity index (χ3v) is 7.12. The number of nitrogens with one attached hydrogen (secondary N) is 2. The average Bonchev–Trinajstić information content (AvgIpc) is 3.33. The summed E-state index contributed by atoms with van der Waals surface area (Å²) < 4.78 is 7.62. The van der Waals surface area contributed by atoms with Crippen molar-refractivity contribution in [1.29, 1.82) is 0 Å². The van der Waals surface area contributed by atoms with Crippen LogP contribution >= 0.6 is 0 Å². The number of carbonyl (C=O) groups is 1. The van der Waals surface area contributed by atoms with Crippen LogP contribution in [-0.2, 0) is 11.8 Å². The lowest BCUT2D eigenvalue weighted by molar-refractivity contribution is -0.111. The number of anilines is 4. The zero-order chi connectivity index (χ0) is 27.5. The van der Waals surface area contributed by atoms with Crippen molar-refractivity contribution in [3.63, 3.8) is 0 Å². The Hall–Kier alpha value is -4.44. The molecule has 1 amide bonds. The first-order valence-corrected chi connectivity index (χ1v) is 13.0. The van der Waals surface area contributed by atoms with Crippen molar-refractivity contribution in [2.24, 2.45) is 7.05 Å². The van der Waals surface area contributed by atoms with Crippen LogP contribution in [0.15, 0.2) is 61.6 Å². The molecular formula is C29H34N8O2. The fourth-order valence-electron chi connectivity index (χ4n) is 4.90. The Labute approximate surface area is 228 Å². The number of nitrogens with zero attached hydrogens (tertiary/aromatic N) is 6. The van der Waals surface area contributed by atoms with E-state index in [4.69, 9.17) is 4.74 Å². The molecule has 10 nitrogen and oxygen atoms in total. The number of amides is 1. The largest absolute Gasteiger partial charge is 0.494 e. The Morgan fingerprint density at radius 3 is 2.59 bits per heavy atom. The van der Waals surface area contributed by atoms with Crippen LogP contribution in [0.1, 0.15) is 13.8 Å². The first-order valence-electron chi connectivity index (χ1n) is 13.0. The maximum Gasteiger partial charge on any atom is 0.247 e. The molecule has 3 heterocycles. The number of piperazine rings is 1. The number of methoxy groups -OCH3 is 1. The second-order valence-electron chi connectivity index (χ2n) is 9.84. The maximum absolute atomic E-state index is 12.3. The van der Waals surface area contributed by atoms with Gasteiger partial charge in [0.2, 0.25) is 5.91 Å². The number of ether oxygens (including phenoxy) is 1. The summed E-state index contributed by atoms with van der Waals surface area (Å²) in [6, 6.07) is 12.3. The summed E-state index contributed by atoms with van der Waals surface area (Å²) in [6.45, 7) is 11.6. The maximum atomic E-state index is 12.3. The van der Waals surface area contributed by atoms with Crippen LogP contribution in [0.2, 0.25) is 0 Å². The first kappa shape index (κ1) is 26.2. The molecule has 202 valence electrons. The van der Waals surface area contributed by atoms with Crippen molar-refractivity contribution >= 4 is 39.7 Å². The Balaban J connectivity index is 1.46. The molecule has 4 aromatic rings. The van der Waals surface area contributed by atoms with Crippen LogP contribution in [0.25, 0.3) is 22.2 Å². The zero-order valence-corrected chi connectivity index (χ0v) is 22.8. The average molecular weight is 527 g/mol. The van der Waals surface area contributed by atoms with Gasteiger partial charge < -0.3 is 20.3 Å². The highest BCUT2D eigenvalue weighted by Crippen LogP contribution is 2.39. The minimum absolute atomic E-state index is 0.275. The van der Waals surface area contributed by atoms with Crippen molar-refractivity contribution in [3.8, 4) is 17.0 Å². The van der Waals surface area contributed by atoms with E-state index < -0.39 is 0 Å². The third kappa shape index (κ3) is 5.56. The molecule has 1 fully saturated rings. The molecule has 0 bridgehead atoms. The molecule has 0 atom stereocenters. The van der Waals surface area contributed by atoms with E-state index in [-0.39, 0.29) is 5.91 Å². The van der Waals surface area contributed by atoms with Crippen molar-refractivity contribution in [2.75, 3.05) is 48.8 Å². The Morgan fingerprint density at radius 2 is 1.87 bits per heavy atom. The van der Waals surface area contributed by atoms with E-state index in [2.05, 4.69) is 62.0 Å². The summed E-state index contributed by atoms with van der Waals surface area (Å²) in [7, 11) is 3.56. The minimum atomic E-state index is -0.275. The highest BCUT2D eigenvalue weighted by Gasteiger charge is 2.23. The Morgan fingerprint density at radius 1 is 1.08 bits per heavy atom. The molecule has 0 radical (unpaired) electrons. The van der Waals surface area contributed by atoms with Crippen LogP contribution < -0.4 is 20.3 Å². The molecule has 2 aromatic carbocycles. The summed E-state index contributed by atoms with van der Waals surface area (Å²) >= 11 is 0. The summed E-state index contributed by atoms with van der Waals surface area (Å²) in [4.78, 5) is 26.0. The molecule has 1 saturated heterocycles. The fraction of sp³-hybridized carbons (Fsp3) is 0.310. The lowest BCUT2D eigenvalue weighted by Gasteiger charge is -2.39. The first-order chi connectivity index (χ1) is 18.9. The van der Waals surface area contributed by atoms with E-state index >= 15 is 0 Å². The van der Waals surface area contributed by atoms with Gasteiger partial charge in [0.1, 0.15) is 17.9 Å². The predicted molar refractivity (Wildman–Crippen MR) is 156 cm³/mol. The van der Waals surface area contributed by atoms with Crippen LogP contribution in [0.5, 0.6) is 5.75 Å². The summed E-state index contributed by atoms with van der Waals surface area (Å²) in [5, 5.41) is 11.7. The molecule has 39 heavy (non-hydrogen) atoms. The number of aromatic nitrogens is 4. The van der Waals surface area contributed by atoms with Gasteiger partial charge in [-0.3, -0.25) is 14.4 Å². The SMILES string of the molecule is C=CC(=O)Nc1cc(Nc2cc(-c3ccc4c(cnn4C)c3)ncn2)c(OC)cc1N1CCN(C(C)C)CC1. The fourth-order valence-corrected chi connectivity index (χ4v) is 4.90. The van der Waals surface area contributed by atoms with Gasteiger partial charge in [-0.05, 0) is 38.1 Å². The molecule has 0 unspecified atom stereocenters. The normalized spacial score (nSPS) is 14.0. The van der Waals surface area contributed by atoms with E-state index in [1.807, 2.05) is 48.3 Å². The van der Waals surface area contributed by atoms with E-state index in [0.29, 0.717) is 29.0 Å². The van der Waals surface area contributed by atoms with Gasteiger partial charge in [-0.1, -0.05) is 12.6 Å². The third-order valence-electron chi connectivity index (χ3n) is 7.12. The van der Waals surface area contributed by atoms with Crippen molar-refractivity contribution in [1.82, 2.24) is 24.6 Å². The number of carbonyl (C=O) groups excluding carboxylic acids is 1. The molecular weight excluding hydrogens is 492 g/mol. The van der Waals surface area contributed by atoms with Crippen molar-refractivity contribution < 1.29 is 9.53 Å². The Kier molecular flexibility index (Phi) is 7.47. The van der Waals surface area contributed by atoms with Crippen LogP contribution in [0, 0.1) is 0 Å². The lowest BCUT2D eigenvalue weighted by Crippen LogP contribution is -2.49. The van der Waals surface area contributed by atoms with Crippen molar-refractivity contribution in [3.05, 3.63) is 61.6 Å². The molecule has 2 aromatic heterocycles. The minimum Gasteiger partial charge on any atom is -0.494 e. The van der Waals surface area contributed by atoms with Gasteiger partial charge in [0.15, 0.2) is 0 Å². The van der Waals surface area contributed by atoms with Crippen molar-refractivity contribution in [2.45, 2.75) is 19.9 Å². The second-order valence-corrected chi connectivity index (χ2v) is 9.84. The van der Waals surface area contributed by atoms with Gasteiger partial charge in [-0.15, -0.1) is 0 Å². The molecule has 1 aliphatic rings. The zero-order valence-electron chi connectivity index (χ0n) is 22.8. The van der Waals surface area contributed by atoms with Gasteiger partial charge in [0.05, 0.1) is 41.6 Å². The highest BCUT2D eigenvalue weighted by molar-refractivity contribution is 6.02. The molecule has 0 aliphatic carbocycles. The summed E-state index contributed by atoms with van der Waals surface area (Å²) in [5.74, 6) is 0.969. The van der Waals surface area contributed by atoms with E-state index in [1.165, 1.54) is 12.4 Å². The number of hydrogen-bond acceptors (Lipinski definition) is 8. The number of benzene rings is 2. The number of rotatable bonds is 8. The van der Waals surface area contributed by atoms with Gasteiger partial charge in [-0.2, -0.15) is 5.10 Å². The highest BCUT2D eigenvalue weighted by atomic mass is 16.5. The monoisotopic (exact) mass is 526 g/mol. The molecule has 10 heteroatoms. The topological polar surface area (TPSA) is 100 Å². The van der Waals surface area contributed by atoms with E-state index in [9.17, 15) is 4.79 Å². The van der Waals surface area contributed by atoms with Gasteiger partial charge in [0, 0.05) is 62.4 Å². The number of hydrogen-bond donors (Lipinski definition) is 2. The molecule has 2 N–H and O–H groups in total. The summed E-state index contributed by atoms with van der Waals surface area (Å²) in [5.41, 5.74) is 5.05. The number of aryl methyl sites for hydroxylation is 1. The number of fused-ring (bicyclic) bond motifs is 1. The van der Waals surface area contributed by atoms with E-state index in [1.54, 1.807) is 7.11 Å². The standard InChI is InChI=1S/C29H34N8O2/c1-6-29(38)34-23-14-24(27(39-5)16-26(23)37-11-9-36(10-12-37)19(2)3)33-28-15-22(30-18-31-28)20-7-8-25-21(13-20)17-32-35(25)4/h6-8,13-19H,1,9-12H2,2-5H3,(H,34,38)(H,30,31,33). The predicted octanol–water partition coefficient (Wildman–Crippen LogP) is 4.44.